The van der Waals surface area contributed by atoms with Gasteiger partial charge in [0.1, 0.15) is 5.70 Å². The maximum absolute atomic E-state index is 12.9. The molecule has 0 bridgehead atoms. The minimum Gasteiger partial charge on any atom is -0.360 e. The number of anilines is 1. The summed E-state index contributed by atoms with van der Waals surface area (Å²) in [6, 6.07) is 14.0. The summed E-state index contributed by atoms with van der Waals surface area (Å²) in [4.78, 5) is 29.1. The second-order valence-corrected chi connectivity index (χ2v) is 9.59. The highest BCUT2D eigenvalue weighted by molar-refractivity contribution is 6.14. The molecule has 0 aliphatic carbocycles. The van der Waals surface area contributed by atoms with Crippen molar-refractivity contribution >= 4 is 29.3 Å². The van der Waals surface area contributed by atoms with E-state index in [0.29, 0.717) is 11.7 Å². The minimum atomic E-state index is -0.386. The third-order valence-corrected chi connectivity index (χ3v) is 6.15. The first-order chi connectivity index (χ1) is 15.1. The Hall–Kier alpha value is -3.34. The maximum atomic E-state index is 12.9. The van der Waals surface area contributed by atoms with Gasteiger partial charge in [0.05, 0.1) is 12.1 Å². The number of hydrogen-bond acceptors (Lipinski definition) is 3. The number of urea groups is 1. The highest BCUT2D eigenvalue weighted by Gasteiger charge is 2.35. The van der Waals surface area contributed by atoms with Crippen LogP contribution in [0.2, 0.25) is 0 Å². The van der Waals surface area contributed by atoms with Crippen molar-refractivity contribution in [1.29, 1.82) is 0 Å². The fourth-order valence-corrected chi connectivity index (χ4v) is 4.86. The molecule has 0 atom stereocenters. The number of rotatable bonds is 4. The second-order valence-electron chi connectivity index (χ2n) is 9.59. The summed E-state index contributed by atoms with van der Waals surface area (Å²) in [5.74, 6) is -0.300. The first-order valence-corrected chi connectivity index (χ1v) is 11.1. The van der Waals surface area contributed by atoms with Crippen LogP contribution < -0.4 is 10.2 Å². The lowest BCUT2D eigenvalue weighted by Gasteiger charge is -2.46. The smallest absolute Gasteiger partial charge is 0.329 e. The summed E-state index contributed by atoms with van der Waals surface area (Å²) < 4.78 is 0. The number of hydrogen-bond donors (Lipinski definition) is 1. The number of carbonyl (C=O) groups excluding carboxylic acids is 2. The summed E-state index contributed by atoms with van der Waals surface area (Å²) in [6.45, 7) is 13.2. The summed E-state index contributed by atoms with van der Waals surface area (Å²) in [7, 11) is 0. The highest BCUT2D eigenvalue weighted by Crippen LogP contribution is 2.40. The molecule has 0 aromatic heterocycles. The zero-order chi connectivity index (χ0) is 23.2. The van der Waals surface area contributed by atoms with Crippen LogP contribution in [0.15, 0.2) is 54.2 Å². The molecule has 0 saturated carbocycles. The predicted octanol–water partition coefficient (Wildman–Crippen LogP) is 5.50. The number of aryl methyl sites for hydroxylation is 1. The lowest BCUT2D eigenvalue weighted by molar-refractivity contribution is -0.123. The largest absolute Gasteiger partial charge is 0.360 e. The molecule has 2 aromatic rings. The lowest BCUT2D eigenvalue weighted by Crippen LogP contribution is -2.49. The van der Waals surface area contributed by atoms with Crippen LogP contribution in [-0.2, 0) is 11.3 Å². The van der Waals surface area contributed by atoms with E-state index in [1.54, 1.807) is 6.08 Å². The molecular formula is C27H31N3O2. The van der Waals surface area contributed by atoms with Gasteiger partial charge in [0, 0.05) is 17.3 Å². The first-order valence-electron chi connectivity index (χ1n) is 11.1. The number of carbonyl (C=O) groups is 2. The molecule has 2 aromatic carbocycles. The first kappa shape index (κ1) is 21.9. The van der Waals surface area contributed by atoms with E-state index in [2.05, 4.69) is 63.0 Å². The van der Waals surface area contributed by atoms with Crippen LogP contribution in [0.1, 0.15) is 56.9 Å². The molecule has 166 valence electrons. The fourth-order valence-electron chi connectivity index (χ4n) is 4.86. The maximum Gasteiger partial charge on any atom is 0.329 e. The summed E-state index contributed by atoms with van der Waals surface area (Å²) in [5, 5.41) is 2.74. The SMILES string of the molecule is CC1=CC(C)(C)N(C(C)C)c2ccc(/C=C3\NC(=O)N(Cc4ccc(C)cc4)C3=O)cc21. The number of nitrogens with zero attached hydrogens (tertiary/aromatic N) is 2. The van der Waals surface area contributed by atoms with Crippen LogP contribution in [0.5, 0.6) is 0 Å². The number of benzene rings is 2. The summed E-state index contributed by atoms with van der Waals surface area (Å²) in [5.41, 5.74) is 6.74. The van der Waals surface area contributed by atoms with Crippen molar-refractivity contribution in [3.63, 3.8) is 0 Å². The van der Waals surface area contributed by atoms with Crippen molar-refractivity contribution in [1.82, 2.24) is 10.2 Å². The van der Waals surface area contributed by atoms with Gasteiger partial charge in [0.15, 0.2) is 0 Å². The standard InChI is InChI=1S/C27H31N3O2/c1-17(2)30-24-12-11-21(13-22(24)19(4)15-27(30,5)6)14-23-25(31)29(26(32)28-23)16-20-9-7-18(3)8-10-20/h7-15,17H,16H2,1-6H3,(H,28,32)/b23-14-. The molecule has 0 spiro atoms. The third-order valence-electron chi connectivity index (χ3n) is 6.15. The van der Waals surface area contributed by atoms with Gasteiger partial charge in [-0.2, -0.15) is 0 Å². The molecule has 5 nitrogen and oxygen atoms in total. The van der Waals surface area contributed by atoms with Crippen LogP contribution in [0, 0.1) is 6.92 Å². The average Bonchev–Trinajstić information content (AvgIpc) is 2.96. The summed E-state index contributed by atoms with van der Waals surface area (Å²) >= 11 is 0. The zero-order valence-electron chi connectivity index (χ0n) is 19.7. The number of amides is 3. The molecule has 1 fully saturated rings. The average molecular weight is 430 g/mol. The molecule has 0 radical (unpaired) electrons. The molecule has 2 aliphatic heterocycles. The molecule has 0 unspecified atom stereocenters. The number of imide groups is 1. The Labute approximate surface area is 190 Å². The quantitative estimate of drug-likeness (QED) is 0.516. The number of nitrogens with one attached hydrogen (secondary N) is 1. The van der Waals surface area contributed by atoms with E-state index >= 15 is 0 Å². The topological polar surface area (TPSA) is 52.7 Å². The van der Waals surface area contributed by atoms with Gasteiger partial charge in [-0.15, -0.1) is 0 Å². The van der Waals surface area contributed by atoms with Crippen LogP contribution in [0.4, 0.5) is 10.5 Å². The van der Waals surface area contributed by atoms with Crippen LogP contribution in [-0.4, -0.2) is 28.4 Å². The van der Waals surface area contributed by atoms with E-state index in [9.17, 15) is 9.59 Å². The van der Waals surface area contributed by atoms with Gasteiger partial charge in [-0.3, -0.25) is 9.69 Å². The Morgan fingerprint density at radius 2 is 1.72 bits per heavy atom. The van der Waals surface area contributed by atoms with Gasteiger partial charge < -0.3 is 10.2 Å². The molecule has 5 heteroatoms. The zero-order valence-corrected chi connectivity index (χ0v) is 19.7. The Morgan fingerprint density at radius 3 is 2.38 bits per heavy atom. The lowest BCUT2D eigenvalue weighted by atomic mass is 9.87. The Balaban J connectivity index is 1.62. The van der Waals surface area contributed by atoms with Crippen molar-refractivity contribution < 1.29 is 9.59 Å². The minimum absolute atomic E-state index is 0.0723. The monoisotopic (exact) mass is 429 g/mol. The second kappa shape index (κ2) is 7.97. The van der Waals surface area contributed by atoms with E-state index in [-0.39, 0.29) is 24.0 Å². The molecule has 2 aliphatic rings. The Bertz CT molecular complexity index is 1140. The van der Waals surface area contributed by atoms with Crippen LogP contribution in [0.3, 0.4) is 0 Å². The molecule has 32 heavy (non-hydrogen) atoms. The van der Waals surface area contributed by atoms with Crippen LogP contribution >= 0.6 is 0 Å². The van der Waals surface area contributed by atoms with Crippen molar-refractivity contribution in [3.8, 4) is 0 Å². The molecule has 1 saturated heterocycles. The van der Waals surface area contributed by atoms with E-state index in [1.165, 1.54) is 16.2 Å². The van der Waals surface area contributed by atoms with Crippen LogP contribution in [0.25, 0.3) is 11.6 Å². The highest BCUT2D eigenvalue weighted by atomic mass is 16.2. The molecule has 2 heterocycles. The third kappa shape index (κ3) is 3.95. The van der Waals surface area contributed by atoms with Crippen molar-refractivity contribution in [2.75, 3.05) is 4.90 Å². The molecular weight excluding hydrogens is 398 g/mol. The van der Waals surface area contributed by atoms with Gasteiger partial charge in [-0.25, -0.2) is 4.79 Å². The van der Waals surface area contributed by atoms with Crippen molar-refractivity contribution in [2.45, 2.75) is 59.7 Å². The normalized spacial score (nSPS) is 18.8. The molecule has 3 amide bonds. The van der Waals surface area contributed by atoms with Gasteiger partial charge in [0.25, 0.3) is 5.91 Å². The number of allylic oxidation sites excluding steroid dienone is 1. The Kier molecular flexibility index (Phi) is 5.45. The van der Waals surface area contributed by atoms with E-state index < -0.39 is 0 Å². The van der Waals surface area contributed by atoms with E-state index in [0.717, 1.165) is 22.3 Å². The van der Waals surface area contributed by atoms with E-state index in [1.807, 2.05) is 37.3 Å². The van der Waals surface area contributed by atoms with Crippen molar-refractivity contribution in [3.05, 3.63) is 76.5 Å². The molecule has 4 rings (SSSR count). The van der Waals surface area contributed by atoms with Gasteiger partial charge in [0.2, 0.25) is 0 Å². The van der Waals surface area contributed by atoms with E-state index in [4.69, 9.17) is 0 Å². The summed E-state index contributed by atoms with van der Waals surface area (Å²) in [6.07, 6.45) is 4.06. The predicted molar refractivity (Wildman–Crippen MR) is 130 cm³/mol. The number of fused-ring (bicyclic) bond motifs is 1. The Morgan fingerprint density at radius 1 is 1.03 bits per heavy atom. The molecule has 1 N–H and O–H groups in total. The van der Waals surface area contributed by atoms with Crippen molar-refractivity contribution in [2.24, 2.45) is 0 Å². The van der Waals surface area contributed by atoms with Gasteiger partial charge in [-0.1, -0.05) is 42.0 Å². The fraction of sp³-hybridized carbons (Fsp3) is 0.333. The van der Waals surface area contributed by atoms with Gasteiger partial charge >= 0.3 is 6.03 Å². The van der Waals surface area contributed by atoms with Gasteiger partial charge in [-0.05, 0) is 76.5 Å².